The Bertz CT molecular complexity index is 1370. The van der Waals surface area contributed by atoms with Gasteiger partial charge in [0, 0.05) is 59.6 Å². The number of hydrogen-bond donors (Lipinski definition) is 2. The van der Waals surface area contributed by atoms with E-state index in [0.717, 1.165) is 85.2 Å². The van der Waals surface area contributed by atoms with Gasteiger partial charge in [-0.25, -0.2) is 9.78 Å². The summed E-state index contributed by atoms with van der Waals surface area (Å²) in [6, 6.07) is 2.01. The Morgan fingerprint density at radius 1 is 1.24 bits per heavy atom. The molecule has 3 fully saturated rings. The van der Waals surface area contributed by atoms with E-state index in [1.165, 1.54) is 11.3 Å². The number of aryl methyl sites for hydroxylation is 3. The lowest BCUT2D eigenvalue weighted by Gasteiger charge is -2.53. The molecule has 0 saturated heterocycles. The summed E-state index contributed by atoms with van der Waals surface area (Å²) in [6.45, 7) is 3.96. The molecule has 34 heavy (non-hydrogen) atoms. The van der Waals surface area contributed by atoms with Crippen LogP contribution in [0.5, 0.6) is 0 Å². The second-order valence-corrected chi connectivity index (χ2v) is 10.6. The predicted octanol–water partition coefficient (Wildman–Crippen LogP) is 3.70. The quantitative estimate of drug-likeness (QED) is 0.608. The van der Waals surface area contributed by atoms with Crippen molar-refractivity contribution < 1.29 is 14.0 Å². The summed E-state index contributed by atoms with van der Waals surface area (Å²) in [7, 11) is 0. The lowest BCUT2D eigenvalue weighted by molar-refractivity contribution is 0.00945. The van der Waals surface area contributed by atoms with E-state index in [0.29, 0.717) is 12.2 Å². The van der Waals surface area contributed by atoms with Crippen LogP contribution in [0.1, 0.15) is 65.3 Å². The molecule has 0 spiro atoms. The number of nitrogens with one attached hydrogen (secondary N) is 1. The van der Waals surface area contributed by atoms with E-state index < -0.39 is 13.1 Å². The van der Waals surface area contributed by atoms with Gasteiger partial charge < -0.3 is 15.3 Å². The van der Waals surface area contributed by atoms with Crippen molar-refractivity contribution in [1.29, 1.82) is 0 Å². The molecular formula is C25H33N7O2. The Morgan fingerprint density at radius 2 is 2.00 bits per heavy atom. The van der Waals surface area contributed by atoms with Crippen molar-refractivity contribution in [3.8, 4) is 0 Å². The number of anilines is 1. The van der Waals surface area contributed by atoms with Gasteiger partial charge in [0.15, 0.2) is 5.65 Å². The van der Waals surface area contributed by atoms with Crippen LogP contribution in [0.3, 0.4) is 0 Å². The molecular weight excluding hydrogens is 430 g/mol. The monoisotopic (exact) mass is 466 g/mol. The summed E-state index contributed by atoms with van der Waals surface area (Å²) in [5, 5.41) is 22.0. The summed E-state index contributed by atoms with van der Waals surface area (Å²) in [4.78, 5) is 18.1. The van der Waals surface area contributed by atoms with Gasteiger partial charge in [0.2, 0.25) is 0 Å². The van der Waals surface area contributed by atoms with Crippen molar-refractivity contribution in [2.45, 2.75) is 77.4 Å². The molecule has 0 radical (unpaired) electrons. The van der Waals surface area contributed by atoms with E-state index >= 15 is 0 Å². The van der Waals surface area contributed by atoms with Crippen molar-refractivity contribution in [2.24, 2.45) is 12.4 Å². The van der Waals surface area contributed by atoms with E-state index in [9.17, 15) is 9.90 Å². The fourth-order valence-corrected chi connectivity index (χ4v) is 6.60. The Labute approximate surface area is 203 Å². The van der Waals surface area contributed by atoms with Crippen molar-refractivity contribution in [3.63, 3.8) is 0 Å². The summed E-state index contributed by atoms with van der Waals surface area (Å²) < 4.78 is 26.7. The minimum absolute atomic E-state index is 0.184. The molecule has 9 heteroatoms. The van der Waals surface area contributed by atoms with Crippen molar-refractivity contribution in [1.82, 2.24) is 29.9 Å². The number of fused-ring (bicyclic) bond motifs is 5. The number of carboxylic acid groups (broad SMARTS) is 1. The second kappa shape index (κ2) is 7.45. The van der Waals surface area contributed by atoms with Crippen LogP contribution in [0.25, 0.3) is 11.0 Å². The molecule has 3 aromatic heterocycles. The van der Waals surface area contributed by atoms with Crippen molar-refractivity contribution >= 4 is 22.8 Å². The lowest BCUT2D eigenvalue weighted by atomic mass is 9.57. The average Bonchev–Trinajstić information content (AvgIpc) is 3.40. The predicted molar refractivity (Wildman–Crippen MR) is 129 cm³/mol. The standard InChI is InChI=1S/C25H33N7O2/c1-16-12-21(18-13-26-30(3)22(18)27-16)31-11-4-20-19(14-31)17(2)29-32(20)15-24-5-8-25(9-6-24,10-7-24)28-23(33)34/h12-13,28H,4-11,14-15H2,1-3H3,(H,33,34)/i3D3. The molecule has 0 aromatic carbocycles. The first-order valence-corrected chi connectivity index (χ1v) is 12.1. The number of hydrogen-bond acceptors (Lipinski definition) is 5. The van der Waals surface area contributed by atoms with Crippen LogP contribution in [0.2, 0.25) is 0 Å². The first-order chi connectivity index (χ1) is 17.5. The molecule has 2 N–H and O–H groups in total. The van der Waals surface area contributed by atoms with Gasteiger partial charge in [0.25, 0.3) is 0 Å². The van der Waals surface area contributed by atoms with Gasteiger partial charge in [-0.05, 0) is 63.9 Å². The third-order valence-electron chi connectivity index (χ3n) is 8.58. The third-order valence-corrected chi connectivity index (χ3v) is 8.58. The van der Waals surface area contributed by atoms with Crippen LogP contribution in [-0.4, -0.2) is 47.8 Å². The molecule has 1 amide bonds. The fraction of sp³-hybridized carbons (Fsp3) is 0.600. The van der Waals surface area contributed by atoms with Gasteiger partial charge in [-0.3, -0.25) is 9.36 Å². The van der Waals surface area contributed by atoms with Crippen LogP contribution in [0.4, 0.5) is 10.5 Å². The largest absolute Gasteiger partial charge is 0.465 e. The summed E-state index contributed by atoms with van der Waals surface area (Å²) in [5.74, 6) is 0. The van der Waals surface area contributed by atoms with Crippen LogP contribution in [0, 0.1) is 19.3 Å². The molecule has 3 saturated carbocycles. The van der Waals surface area contributed by atoms with E-state index in [4.69, 9.17) is 9.21 Å². The van der Waals surface area contributed by atoms with Crippen molar-refractivity contribution in [3.05, 3.63) is 34.9 Å². The zero-order valence-corrected chi connectivity index (χ0v) is 19.8. The Kier molecular flexibility index (Phi) is 4.00. The molecule has 9 nitrogen and oxygen atoms in total. The highest BCUT2D eigenvalue weighted by atomic mass is 16.4. The lowest BCUT2D eigenvalue weighted by Crippen LogP contribution is -2.57. The minimum Gasteiger partial charge on any atom is -0.465 e. The molecule has 3 aromatic rings. The average molecular weight is 467 g/mol. The SMILES string of the molecule is [2H]C([2H])([2H])n1ncc2c(N3CCc4c(c(C)nn4CC45CCC(NC(=O)O)(CC4)CC5)C3)cc(C)nc21. The Morgan fingerprint density at radius 3 is 2.71 bits per heavy atom. The summed E-state index contributed by atoms with van der Waals surface area (Å²) in [5.41, 5.74) is 5.60. The summed E-state index contributed by atoms with van der Waals surface area (Å²) in [6.07, 6.45) is 7.32. The molecule has 2 bridgehead atoms. The zero-order chi connectivity index (χ0) is 26.2. The van der Waals surface area contributed by atoms with E-state index in [1.54, 1.807) is 6.20 Å². The maximum absolute atomic E-state index is 11.3. The van der Waals surface area contributed by atoms with E-state index in [2.05, 4.69) is 31.9 Å². The molecule has 3 aliphatic carbocycles. The van der Waals surface area contributed by atoms with Gasteiger partial charge in [-0.2, -0.15) is 10.2 Å². The first-order valence-electron chi connectivity index (χ1n) is 13.6. The van der Waals surface area contributed by atoms with Crippen molar-refractivity contribution in [2.75, 3.05) is 11.4 Å². The van der Waals surface area contributed by atoms with Crippen LogP contribution in [0.15, 0.2) is 12.3 Å². The van der Waals surface area contributed by atoms with Gasteiger partial charge in [0.1, 0.15) is 0 Å². The maximum atomic E-state index is 11.3. The highest BCUT2D eigenvalue weighted by Crippen LogP contribution is 2.53. The molecule has 7 rings (SSSR count). The van der Waals surface area contributed by atoms with Gasteiger partial charge in [-0.1, -0.05) is 0 Å². The normalized spacial score (nSPS) is 27.8. The number of carbonyl (C=O) groups is 1. The van der Waals surface area contributed by atoms with Gasteiger partial charge >= 0.3 is 6.09 Å². The first kappa shape index (κ1) is 18.3. The second-order valence-electron chi connectivity index (χ2n) is 10.6. The number of rotatable bonds is 4. The fourth-order valence-electron chi connectivity index (χ4n) is 6.60. The summed E-state index contributed by atoms with van der Waals surface area (Å²) >= 11 is 0. The van der Waals surface area contributed by atoms with Gasteiger partial charge in [0.05, 0.1) is 23.0 Å². The molecule has 4 aliphatic rings. The number of nitrogens with zero attached hydrogens (tertiary/aromatic N) is 6. The number of amides is 1. The smallest absolute Gasteiger partial charge is 0.405 e. The van der Waals surface area contributed by atoms with E-state index in [-0.39, 0.29) is 11.0 Å². The molecule has 1 aliphatic heterocycles. The Hall–Kier alpha value is -3.10. The highest BCUT2D eigenvalue weighted by molar-refractivity contribution is 5.89. The molecule has 180 valence electrons. The molecule has 0 atom stereocenters. The molecule has 4 heterocycles. The number of aromatic nitrogens is 5. The topological polar surface area (TPSA) is 101 Å². The van der Waals surface area contributed by atoms with Crippen LogP contribution < -0.4 is 10.2 Å². The minimum atomic E-state index is -2.38. The van der Waals surface area contributed by atoms with Crippen LogP contribution in [-0.2, 0) is 26.5 Å². The Balaban J connectivity index is 1.25. The van der Waals surface area contributed by atoms with Crippen LogP contribution >= 0.6 is 0 Å². The van der Waals surface area contributed by atoms with Gasteiger partial charge in [-0.15, -0.1) is 0 Å². The van der Waals surface area contributed by atoms with E-state index in [1.807, 2.05) is 13.0 Å². The third kappa shape index (κ3) is 3.35. The molecule has 0 unspecified atom stereocenters. The zero-order valence-electron chi connectivity index (χ0n) is 22.8. The highest BCUT2D eigenvalue weighted by Gasteiger charge is 2.49. The maximum Gasteiger partial charge on any atom is 0.405 e. The number of pyridine rings is 1.